The van der Waals surface area contributed by atoms with E-state index in [-0.39, 0.29) is 11.4 Å². The molecule has 1 aliphatic heterocycles. The van der Waals surface area contributed by atoms with E-state index >= 15 is 0 Å². The van der Waals surface area contributed by atoms with Gasteiger partial charge in [-0.1, -0.05) is 15.9 Å². The second-order valence-corrected chi connectivity index (χ2v) is 5.56. The highest BCUT2D eigenvalue weighted by atomic mass is 79.9. The molecule has 6 heteroatoms. The molecule has 0 saturated carbocycles. The first-order valence-electron chi connectivity index (χ1n) is 5.11. The van der Waals surface area contributed by atoms with Crippen LogP contribution in [0.5, 0.6) is 0 Å². The SMILES string of the molecule is C#CC1=NN(C)C(NC(=O)c2ccc(Br)cc2)S1. The number of thioether (sulfide) groups is 1. The van der Waals surface area contributed by atoms with Crippen molar-refractivity contribution in [1.29, 1.82) is 0 Å². The van der Waals surface area contributed by atoms with Crippen LogP contribution in [0.3, 0.4) is 0 Å². The van der Waals surface area contributed by atoms with E-state index in [1.807, 2.05) is 12.1 Å². The summed E-state index contributed by atoms with van der Waals surface area (Å²) in [5.74, 6) is 2.31. The maximum absolute atomic E-state index is 12.0. The number of halogens is 1. The summed E-state index contributed by atoms with van der Waals surface area (Å²) >= 11 is 4.67. The van der Waals surface area contributed by atoms with E-state index in [0.717, 1.165) is 4.47 Å². The zero-order chi connectivity index (χ0) is 13.1. The number of nitrogens with zero attached hydrogens (tertiary/aromatic N) is 2. The molecule has 1 aromatic carbocycles. The molecular formula is C12H10BrN3OS. The van der Waals surface area contributed by atoms with Gasteiger partial charge < -0.3 is 5.32 Å². The first-order valence-corrected chi connectivity index (χ1v) is 6.78. The molecule has 1 aromatic rings. The fourth-order valence-corrected chi connectivity index (χ4v) is 2.47. The largest absolute Gasteiger partial charge is 0.322 e. The fraction of sp³-hybridized carbons (Fsp3) is 0.167. The molecular weight excluding hydrogens is 314 g/mol. The maximum atomic E-state index is 12.0. The maximum Gasteiger partial charge on any atom is 0.253 e. The monoisotopic (exact) mass is 323 g/mol. The molecule has 1 amide bonds. The molecule has 0 aromatic heterocycles. The molecule has 18 heavy (non-hydrogen) atoms. The van der Waals surface area contributed by atoms with Crippen LogP contribution in [-0.4, -0.2) is 28.5 Å². The summed E-state index contributed by atoms with van der Waals surface area (Å²) < 4.78 is 0.935. The van der Waals surface area contributed by atoms with Gasteiger partial charge in [-0.2, -0.15) is 5.10 Å². The molecule has 0 fully saturated rings. The molecule has 0 bridgehead atoms. The van der Waals surface area contributed by atoms with Crippen molar-refractivity contribution in [3.63, 3.8) is 0 Å². The first kappa shape index (κ1) is 13.0. The summed E-state index contributed by atoms with van der Waals surface area (Å²) in [6.45, 7) is 0. The lowest BCUT2D eigenvalue weighted by molar-refractivity contribution is 0.0921. The van der Waals surface area contributed by atoms with Crippen LogP contribution < -0.4 is 5.32 Å². The van der Waals surface area contributed by atoms with Crippen LogP contribution in [0.15, 0.2) is 33.8 Å². The zero-order valence-corrected chi connectivity index (χ0v) is 12.0. The van der Waals surface area contributed by atoms with Gasteiger partial charge in [0.15, 0.2) is 10.5 Å². The Morgan fingerprint density at radius 3 is 2.78 bits per heavy atom. The molecule has 2 rings (SSSR count). The van der Waals surface area contributed by atoms with Gasteiger partial charge in [-0.05, 0) is 41.9 Å². The first-order chi connectivity index (χ1) is 8.60. The zero-order valence-electron chi connectivity index (χ0n) is 9.55. The van der Waals surface area contributed by atoms with Crippen molar-refractivity contribution in [2.75, 3.05) is 7.05 Å². The van der Waals surface area contributed by atoms with Crippen molar-refractivity contribution in [3.8, 4) is 12.3 Å². The number of nitrogens with one attached hydrogen (secondary N) is 1. The lowest BCUT2D eigenvalue weighted by atomic mass is 10.2. The second kappa shape index (κ2) is 5.46. The summed E-state index contributed by atoms with van der Waals surface area (Å²) in [5.41, 5.74) is 0.341. The van der Waals surface area contributed by atoms with Crippen LogP contribution >= 0.6 is 27.7 Å². The Balaban J connectivity index is 2.01. The third-order valence-electron chi connectivity index (χ3n) is 2.30. The molecule has 0 aliphatic carbocycles. The van der Waals surface area contributed by atoms with Gasteiger partial charge in [-0.3, -0.25) is 9.80 Å². The fourth-order valence-electron chi connectivity index (χ4n) is 1.38. The number of benzene rings is 1. The minimum absolute atomic E-state index is 0.152. The number of carbonyl (C=O) groups excluding carboxylic acids is 1. The Kier molecular flexibility index (Phi) is 3.94. The average molecular weight is 324 g/mol. The van der Waals surface area contributed by atoms with Gasteiger partial charge >= 0.3 is 0 Å². The molecule has 4 nitrogen and oxygen atoms in total. The molecule has 1 N–H and O–H groups in total. The lowest BCUT2D eigenvalue weighted by Crippen LogP contribution is -2.39. The Hall–Kier alpha value is -1.45. The number of terminal acetylenes is 1. The van der Waals surface area contributed by atoms with E-state index in [1.165, 1.54) is 11.8 Å². The van der Waals surface area contributed by atoms with E-state index in [1.54, 1.807) is 24.2 Å². The summed E-state index contributed by atoms with van der Waals surface area (Å²) in [5, 5.41) is 9.16. The predicted molar refractivity (Wildman–Crippen MR) is 77.0 cm³/mol. The number of hydrazone groups is 1. The van der Waals surface area contributed by atoms with Gasteiger partial charge in [0.25, 0.3) is 5.91 Å². The standard InChI is InChI=1S/C12H10BrN3OS/c1-3-10-15-16(2)12(18-10)14-11(17)8-4-6-9(13)7-5-8/h1,4-7,12H,2H3,(H,14,17). The van der Waals surface area contributed by atoms with Gasteiger partial charge in [-0.15, -0.1) is 6.42 Å². The van der Waals surface area contributed by atoms with Crippen LogP contribution in [0.2, 0.25) is 0 Å². The Morgan fingerprint density at radius 2 is 2.22 bits per heavy atom. The Bertz CT molecular complexity index is 535. The highest BCUT2D eigenvalue weighted by Gasteiger charge is 2.25. The van der Waals surface area contributed by atoms with E-state index in [4.69, 9.17) is 6.42 Å². The third-order valence-corrected chi connectivity index (χ3v) is 3.89. The summed E-state index contributed by atoms with van der Waals surface area (Å²) in [6, 6.07) is 7.15. The van der Waals surface area contributed by atoms with Crippen molar-refractivity contribution in [2.24, 2.45) is 5.10 Å². The van der Waals surface area contributed by atoms with Crippen LogP contribution in [0.1, 0.15) is 10.4 Å². The summed E-state index contributed by atoms with van der Waals surface area (Å²) in [7, 11) is 1.77. The minimum atomic E-state index is -0.257. The van der Waals surface area contributed by atoms with Gasteiger partial charge in [-0.25, -0.2) is 0 Å². The molecule has 1 aliphatic rings. The van der Waals surface area contributed by atoms with Crippen molar-refractivity contribution in [1.82, 2.24) is 10.3 Å². The van der Waals surface area contributed by atoms with Gasteiger partial charge in [0.05, 0.1) is 0 Å². The quantitative estimate of drug-likeness (QED) is 0.848. The van der Waals surface area contributed by atoms with Crippen LogP contribution in [0.25, 0.3) is 0 Å². The smallest absolute Gasteiger partial charge is 0.253 e. The van der Waals surface area contributed by atoms with Crippen molar-refractivity contribution >= 4 is 38.6 Å². The average Bonchev–Trinajstić information content (AvgIpc) is 2.71. The Morgan fingerprint density at radius 1 is 1.56 bits per heavy atom. The number of rotatable bonds is 2. The van der Waals surface area contributed by atoms with Crippen molar-refractivity contribution in [2.45, 2.75) is 5.50 Å². The molecule has 0 radical (unpaired) electrons. The number of amides is 1. The number of hydrogen-bond acceptors (Lipinski definition) is 4. The normalized spacial score (nSPS) is 18.2. The topological polar surface area (TPSA) is 44.7 Å². The third kappa shape index (κ3) is 2.86. The van der Waals surface area contributed by atoms with E-state index in [0.29, 0.717) is 10.6 Å². The second-order valence-electron chi connectivity index (χ2n) is 3.57. The van der Waals surface area contributed by atoms with Crippen LogP contribution in [0, 0.1) is 12.3 Å². The van der Waals surface area contributed by atoms with E-state index in [9.17, 15) is 4.79 Å². The highest BCUT2D eigenvalue weighted by molar-refractivity contribution is 9.10. The molecule has 1 atom stereocenters. The molecule has 1 unspecified atom stereocenters. The van der Waals surface area contributed by atoms with Crippen molar-refractivity contribution in [3.05, 3.63) is 34.3 Å². The van der Waals surface area contributed by atoms with Crippen LogP contribution in [-0.2, 0) is 0 Å². The van der Waals surface area contributed by atoms with Gasteiger partial charge in [0.1, 0.15) is 0 Å². The van der Waals surface area contributed by atoms with Crippen molar-refractivity contribution < 1.29 is 4.79 Å². The number of carbonyl (C=O) groups is 1. The van der Waals surface area contributed by atoms with Crippen LogP contribution in [0.4, 0.5) is 0 Å². The molecule has 1 heterocycles. The number of hydrogen-bond donors (Lipinski definition) is 1. The predicted octanol–water partition coefficient (Wildman–Crippen LogP) is 2.09. The minimum Gasteiger partial charge on any atom is -0.322 e. The molecule has 0 saturated heterocycles. The summed E-state index contributed by atoms with van der Waals surface area (Å²) in [6.07, 6.45) is 5.27. The lowest BCUT2D eigenvalue weighted by Gasteiger charge is -2.18. The molecule has 92 valence electrons. The van der Waals surface area contributed by atoms with Gasteiger partial charge in [0, 0.05) is 17.1 Å². The Labute approximate surface area is 118 Å². The van der Waals surface area contributed by atoms with E-state index in [2.05, 4.69) is 32.3 Å². The molecule has 0 spiro atoms. The van der Waals surface area contributed by atoms with Gasteiger partial charge in [0.2, 0.25) is 0 Å². The van der Waals surface area contributed by atoms with E-state index < -0.39 is 0 Å². The highest BCUT2D eigenvalue weighted by Crippen LogP contribution is 2.22. The summed E-state index contributed by atoms with van der Waals surface area (Å²) in [4.78, 5) is 12.0.